The first-order valence-corrected chi connectivity index (χ1v) is 9.93. The molecular formula is C17H18N2O5S2. The van der Waals surface area contributed by atoms with Crippen LogP contribution in [0.2, 0.25) is 0 Å². The second kappa shape index (κ2) is 7.00. The lowest BCUT2D eigenvalue weighted by atomic mass is 10.3. The van der Waals surface area contributed by atoms with Crippen LogP contribution in [0.3, 0.4) is 0 Å². The molecule has 3 aromatic rings. The summed E-state index contributed by atoms with van der Waals surface area (Å²) in [6.07, 6.45) is 0. The molecule has 0 saturated carbocycles. The predicted molar refractivity (Wildman–Crippen MR) is 99.6 cm³/mol. The van der Waals surface area contributed by atoms with Crippen LogP contribution in [0.25, 0.3) is 10.6 Å². The summed E-state index contributed by atoms with van der Waals surface area (Å²) in [4.78, 5) is 1.55. The lowest BCUT2D eigenvalue weighted by Gasteiger charge is -2.11. The third-order valence-corrected chi connectivity index (χ3v) is 6.37. The van der Waals surface area contributed by atoms with Crippen LogP contribution in [-0.4, -0.2) is 27.8 Å². The van der Waals surface area contributed by atoms with E-state index in [1.54, 1.807) is 37.3 Å². The summed E-state index contributed by atoms with van der Waals surface area (Å²) in [5.41, 5.74) is 1.12. The minimum absolute atomic E-state index is 0.196. The highest BCUT2D eigenvalue weighted by Crippen LogP contribution is 2.35. The van der Waals surface area contributed by atoms with Gasteiger partial charge in [0.05, 0.1) is 30.5 Å². The Bertz CT molecular complexity index is 1040. The molecule has 0 unspecified atom stereocenters. The number of nitrogens with one attached hydrogen (secondary N) is 1. The van der Waals surface area contributed by atoms with E-state index in [0.29, 0.717) is 32.7 Å². The molecule has 0 amide bonds. The van der Waals surface area contributed by atoms with E-state index in [1.165, 1.54) is 25.6 Å². The molecule has 0 fully saturated rings. The standard InChI is InChI=1S/C17H18N2O5S2/c1-10-7-15(24-18-10)16-9-17(11(2)25-16)26(20,21)19-12-5-6-13(22-3)14(8-12)23-4/h5-9,19H,1-4H3. The van der Waals surface area contributed by atoms with Crippen molar-refractivity contribution in [3.05, 3.63) is 40.9 Å². The number of nitrogens with zero attached hydrogens (tertiary/aromatic N) is 1. The molecule has 0 saturated heterocycles. The molecular weight excluding hydrogens is 376 g/mol. The van der Waals surface area contributed by atoms with Crippen LogP contribution < -0.4 is 14.2 Å². The van der Waals surface area contributed by atoms with Gasteiger partial charge in [-0.05, 0) is 32.0 Å². The van der Waals surface area contributed by atoms with Crippen molar-refractivity contribution in [2.75, 3.05) is 18.9 Å². The highest BCUT2D eigenvalue weighted by atomic mass is 32.2. The van der Waals surface area contributed by atoms with E-state index >= 15 is 0 Å². The first-order valence-electron chi connectivity index (χ1n) is 7.63. The molecule has 9 heteroatoms. The van der Waals surface area contributed by atoms with Gasteiger partial charge in [-0.3, -0.25) is 4.72 Å². The quantitative estimate of drug-likeness (QED) is 0.683. The van der Waals surface area contributed by atoms with Crippen LogP contribution in [-0.2, 0) is 10.0 Å². The van der Waals surface area contributed by atoms with Crippen molar-refractivity contribution in [2.45, 2.75) is 18.7 Å². The number of methoxy groups -OCH3 is 2. The van der Waals surface area contributed by atoms with Crippen LogP contribution in [0.15, 0.2) is 39.8 Å². The number of aromatic nitrogens is 1. The van der Waals surface area contributed by atoms with Crippen LogP contribution in [0.5, 0.6) is 11.5 Å². The Morgan fingerprint density at radius 1 is 1.08 bits per heavy atom. The van der Waals surface area contributed by atoms with E-state index in [1.807, 2.05) is 6.92 Å². The van der Waals surface area contributed by atoms with Crippen molar-refractivity contribution in [3.8, 4) is 22.1 Å². The normalized spacial score (nSPS) is 11.4. The monoisotopic (exact) mass is 394 g/mol. The molecule has 7 nitrogen and oxygen atoms in total. The van der Waals surface area contributed by atoms with Gasteiger partial charge in [-0.1, -0.05) is 5.16 Å². The largest absolute Gasteiger partial charge is 0.493 e. The third kappa shape index (κ3) is 3.54. The van der Waals surface area contributed by atoms with Gasteiger partial charge in [0.25, 0.3) is 10.0 Å². The Morgan fingerprint density at radius 2 is 1.81 bits per heavy atom. The fourth-order valence-corrected chi connectivity index (χ4v) is 5.03. The van der Waals surface area contributed by atoms with Crippen molar-refractivity contribution in [2.24, 2.45) is 0 Å². The fourth-order valence-electron chi connectivity index (χ4n) is 2.44. The molecule has 138 valence electrons. The number of aryl methyl sites for hydroxylation is 2. The van der Waals surface area contributed by atoms with Gasteiger partial charge >= 0.3 is 0 Å². The summed E-state index contributed by atoms with van der Waals surface area (Å²) in [6, 6.07) is 8.17. The zero-order valence-electron chi connectivity index (χ0n) is 14.7. The second-order valence-corrected chi connectivity index (χ2v) is 8.45. The minimum atomic E-state index is -3.77. The summed E-state index contributed by atoms with van der Waals surface area (Å²) >= 11 is 1.33. The van der Waals surface area contributed by atoms with Gasteiger partial charge < -0.3 is 14.0 Å². The van der Waals surface area contributed by atoms with E-state index in [9.17, 15) is 8.42 Å². The lowest BCUT2D eigenvalue weighted by Crippen LogP contribution is -2.13. The van der Waals surface area contributed by atoms with Crippen molar-refractivity contribution < 1.29 is 22.4 Å². The Balaban J connectivity index is 1.92. The van der Waals surface area contributed by atoms with Crippen LogP contribution in [0.4, 0.5) is 5.69 Å². The van der Waals surface area contributed by atoms with E-state index in [4.69, 9.17) is 14.0 Å². The maximum absolute atomic E-state index is 12.8. The molecule has 0 spiro atoms. The molecule has 1 aromatic carbocycles. The highest BCUT2D eigenvalue weighted by molar-refractivity contribution is 7.93. The number of thiophene rings is 1. The van der Waals surface area contributed by atoms with Crippen LogP contribution in [0, 0.1) is 13.8 Å². The van der Waals surface area contributed by atoms with Crippen molar-refractivity contribution in [1.82, 2.24) is 5.16 Å². The summed E-state index contributed by atoms with van der Waals surface area (Å²) in [5.74, 6) is 1.50. The maximum atomic E-state index is 12.8. The number of ether oxygens (including phenoxy) is 2. The number of benzene rings is 1. The number of hydrogen-bond acceptors (Lipinski definition) is 7. The lowest BCUT2D eigenvalue weighted by molar-refractivity contribution is 0.355. The van der Waals surface area contributed by atoms with E-state index < -0.39 is 10.0 Å². The van der Waals surface area contributed by atoms with Gasteiger partial charge in [0.15, 0.2) is 17.3 Å². The highest BCUT2D eigenvalue weighted by Gasteiger charge is 2.22. The van der Waals surface area contributed by atoms with Gasteiger partial charge in [0, 0.05) is 17.0 Å². The summed E-state index contributed by atoms with van der Waals surface area (Å²) in [5, 5.41) is 3.84. The SMILES string of the molecule is COc1ccc(NS(=O)(=O)c2cc(-c3cc(C)no3)sc2C)cc1OC. The Labute approximate surface area is 155 Å². The molecule has 0 radical (unpaired) electrons. The Morgan fingerprint density at radius 3 is 2.42 bits per heavy atom. The average Bonchev–Trinajstić information content (AvgIpc) is 3.20. The topological polar surface area (TPSA) is 90.7 Å². The minimum Gasteiger partial charge on any atom is -0.493 e. The van der Waals surface area contributed by atoms with E-state index in [0.717, 1.165) is 5.69 Å². The number of hydrogen-bond donors (Lipinski definition) is 1. The van der Waals surface area contributed by atoms with Crippen molar-refractivity contribution in [3.63, 3.8) is 0 Å². The van der Waals surface area contributed by atoms with E-state index in [-0.39, 0.29) is 4.90 Å². The Kier molecular flexibility index (Phi) is 4.92. The number of rotatable bonds is 6. The van der Waals surface area contributed by atoms with Gasteiger partial charge in [-0.15, -0.1) is 11.3 Å². The molecule has 2 heterocycles. The zero-order valence-corrected chi connectivity index (χ0v) is 16.3. The summed E-state index contributed by atoms with van der Waals surface area (Å²) in [7, 11) is -0.759. The van der Waals surface area contributed by atoms with Crippen molar-refractivity contribution in [1.29, 1.82) is 0 Å². The zero-order chi connectivity index (χ0) is 18.9. The fraction of sp³-hybridized carbons (Fsp3) is 0.235. The predicted octanol–water partition coefficient (Wildman–Crippen LogP) is 3.84. The van der Waals surface area contributed by atoms with Crippen molar-refractivity contribution >= 4 is 27.0 Å². The summed E-state index contributed by atoms with van der Waals surface area (Å²) in [6.45, 7) is 3.56. The molecule has 0 bridgehead atoms. The third-order valence-electron chi connectivity index (χ3n) is 3.67. The molecule has 26 heavy (non-hydrogen) atoms. The number of sulfonamides is 1. The molecule has 3 rings (SSSR count). The van der Waals surface area contributed by atoms with Gasteiger partial charge in [0.1, 0.15) is 4.90 Å². The van der Waals surface area contributed by atoms with Crippen LogP contribution >= 0.6 is 11.3 Å². The molecule has 0 atom stereocenters. The molecule has 0 aliphatic heterocycles. The van der Waals surface area contributed by atoms with Gasteiger partial charge in [-0.2, -0.15) is 0 Å². The van der Waals surface area contributed by atoms with E-state index in [2.05, 4.69) is 9.88 Å². The van der Waals surface area contributed by atoms with Gasteiger partial charge in [-0.25, -0.2) is 8.42 Å². The number of anilines is 1. The first kappa shape index (κ1) is 18.3. The summed E-state index contributed by atoms with van der Waals surface area (Å²) < 4.78 is 43.8. The maximum Gasteiger partial charge on any atom is 0.263 e. The molecule has 1 N–H and O–H groups in total. The van der Waals surface area contributed by atoms with Gasteiger partial charge in [0.2, 0.25) is 0 Å². The Hall–Kier alpha value is -2.52. The first-order chi connectivity index (χ1) is 12.3. The molecule has 2 aromatic heterocycles. The molecule has 0 aliphatic carbocycles. The van der Waals surface area contributed by atoms with Crippen LogP contribution in [0.1, 0.15) is 10.6 Å². The second-order valence-electron chi connectivity index (χ2n) is 5.54. The smallest absolute Gasteiger partial charge is 0.263 e. The average molecular weight is 394 g/mol. The molecule has 0 aliphatic rings.